The number of benzene rings is 1. The van der Waals surface area contributed by atoms with Crippen LogP contribution in [0.2, 0.25) is 0 Å². The van der Waals surface area contributed by atoms with E-state index in [1.54, 1.807) is 18.2 Å². The highest BCUT2D eigenvalue weighted by molar-refractivity contribution is 5.98. The fraction of sp³-hybridized carbons (Fsp3) is 0.368. The van der Waals surface area contributed by atoms with Gasteiger partial charge in [-0.25, -0.2) is 9.37 Å². The van der Waals surface area contributed by atoms with Crippen LogP contribution in [0.4, 0.5) is 14.6 Å². The molecular formula is C19H23F2N3O2. The Morgan fingerprint density at radius 1 is 1.19 bits per heavy atom. The second-order valence-electron chi connectivity index (χ2n) is 5.89. The van der Waals surface area contributed by atoms with E-state index in [-0.39, 0.29) is 29.2 Å². The van der Waals surface area contributed by atoms with E-state index >= 15 is 0 Å². The van der Waals surface area contributed by atoms with Gasteiger partial charge >= 0.3 is 0 Å². The zero-order chi connectivity index (χ0) is 18.9. The first-order valence-corrected chi connectivity index (χ1v) is 8.63. The van der Waals surface area contributed by atoms with E-state index in [4.69, 9.17) is 10.5 Å². The Morgan fingerprint density at radius 2 is 2.00 bits per heavy atom. The maximum atomic E-state index is 14.5. The maximum absolute atomic E-state index is 14.5. The van der Waals surface area contributed by atoms with Crippen LogP contribution in [0.15, 0.2) is 30.3 Å². The number of nitrogens with zero attached hydrogens (tertiary/aromatic N) is 1. The van der Waals surface area contributed by atoms with Crippen molar-refractivity contribution < 1.29 is 18.3 Å². The summed E-state index contributed by atoms with van der Waals surface area (Å²) in [5.41, 5.74) is 5.86. The summed E-state index contributed by atoms with van der Waals surface area (Å²) in [6.45, 7) is 2.52. The predicted molar refractivity (Wildman–Crippen MR) is 95.8 cm³/mol. The van der Waals surface area contributed by atoms with E-state index in [2.05, 4.69) is 17.2 Å². The number of amides is 1. The van der Waals surface area contributed by atoms with Gasteiger partial charge in [0.15, 0.2) is 11.6 Å². The van der Waals surface area contributed by atoms with Crippen molar-refractivity contribution in [2.45, 2.75) is 39.2 Å². The first kappa shape index (κ1) is 19.6. The monoisotopic (exact) mass is 363 g/mol. The number of pyridine rings is 1. The fourth-order valence-corrected chi connectivity index (χ4v) is 2.43. The summed E-state index contributed by atoms with van der Waals surface area (Å²) in [6.07, 6.45) is 4.16. The molecule has 0 saturated carbocycles. The van der Waals surface area contributed by atoms with E-state index in [9.17, 15) is 13.6 Å². The molecule has 1 aromatic carbocycles. The third-order valence-electron chi connectivity index (χ3n) is 3.87. The number of unbranched alkanes of at least 4 members (excludes halogenated alkanes) is 3. The summed E-state index contributed by atoms with van der Waals surface area (Å²) in [5.74, 6) is -1.88. The van der Waals surface area contributed by atoms with Crippen molar-refractivity contribution in [3.63, 3.8) is 0 Å². The first-order chi connectivity index (χ1) is 12.5. The Morgan fingerprint density at radius 3 is 2.73 bits per heavy atom. The molecule has 1 aromatic heterocycles. The lowest BCUT2D eigenvalue weighted by Gasteiger charge is -2.11. The molecular weight excluding hydrogens is 340 g/mol. The fourth-order valence-electron chi connectivity index (χ4n) is 2.43. The van der Waals surface area contributed by atoms with Gasteiger partial charge in [-0.2, -0.15) is 4.39 Å². The third kappa shape index (κ3) is 5.40. The number of nitrogen functional groups attached to an aromatic ring is 1. The molecule has 1 amide bonds. The Balaban J connectivity index is 1.94. The molecule has 2 rings (SSSR count). The van der Waals surface area contributed by atoms with Gasteiger partial charge in [0.05, 0.1) is 12.2 Å². The molecule has 26 heavy (non-hydrogen) atoms. The summed E-state index contributed by atoms with van der Waals surface area (Å²) in [4.78, 5) is 15.5. The third-order valence-corrected chi connectivity index (χ3v) is 3.87. The Bertz CT molecular complexity index is 754. The van der Waals surface area contributed by atoms with Gasteiger partial charge in [0.1, 0.15) is 5.82 Å². The average molecular weight is 363 g/mol. The molecule has 0 spiro atoms. The highest BCUT2D eigenvalue weighted by Crippen LogP contribution is 2.21. The van der Waals surface area contributed by atoms with Gasteiger partial charge in [-0.3, -0.25) is 4.79 Å². The van der Waals surface area contributed by atoms with Crippen LogP contribution < -0.4 is 15.8 Å². The molecule has 1 heterocycles. The van der Waals surface area contributed by atoms with Crippen LogP contribution in [0.25, 0.3) is 0 Å². The molecule has 0 aliphatic carbocycles. The van der Waals surface area contributed by atoms with Gasteiger partial charge < -0.3 is 15.8 Å². The van der Waals surface area contributed by atoms with Gasteiger partial charge in [-0.1, -0.05) is 38.3 Å². The Labute approximate surface area is 151 Å². The van der Waals surface area contributed by atoms with E-state index in [0.29, 0.717) is 6.61 Å². The number of hydrogen-bond acceptors (Lipinski definition) is 4. The molecule has 7 heteroatoms. The van der Waals surface area contributed by atoms with Crippen LogP contribution in [0.3, 0.4) is 0 Å². The van der Waals surface area contributed by atoms with Crippen LogP contribution in [0.1, 0.15) is 48.5 Å². The zero-order valence-electron chi connectivity index (χ0n) is 14.7. The lowest BCUT2D eigenvalue weighted by molar-refractivity contribution is 0.0951. The van der Waals surface area contributed by atoms with Crippen molar-refractivity contribution in [1.82, 2.24) is 10.3 Å². The molecule has 0 bridgehead atoms. The van der Waals surface area contributed by atoms with Crippen molar-refractivity contribution in [1.29, 1.82) is 0 Å². The van der Waals surface area contributed by atoms with Crippen molar-refractivity contribution in [2.75, 3.05) is 12.3 Å². The van der Waals surface area contributed by atoms with E-state index < -0.39 is 17.7 Å². The summed E-state index contributed by atoms with van der Waals surface area (Å²) >= 11 is 0. The normalized spacial score (nSPS) is 10.6. The van der Waals surface area contributed by atoms with Gasteiger partial charge in [0.25, 0.3) is 5.91 Å². The van der Waals surface area contributed by atoms with Gasteiger partial charge in [0, 0.05) is 12.1 Å². The molecule has 0 fully saturated rings. The standard InChI is InChI=1S/C19H23F2N3O2/c1-2-3-4-5-11-26-15-8-6-7-13(17(15)21)12-23-19(25)14-9-10-16(20)24-18(14)22/h6-10H,2-5,11-12H2,1H3,(H2,22,24)(H,23,25). The first-order valence-electron chi connectivity index (χ1n) is 8.63. The largest absolute Gasteiger partial charge is 0.491 e. The number of aromatic nitrogens is 1. The van der Waals surface area contributed by atoms with Gasteiger partial charge in [0.2, 0.25) is 5.95 Å². The van der Waals surface area contributed by atoms with Crippen LogP contribution in [-0.4, -0.2) is 17.5 Å². The number of ether oxygens (including phenoxy) is 1. The van der Waals surface area contributed by atoms with Crippen molar-refractivity contribution in [3.05, 3.63) is 53.2 Å². The van der Waals surface area contributed by atoms with Crippen molar-refractivity contribution >= 4 is 11.7 Å². The summed E-state index contributed by atoms with van der Waals surface area (Å²) in [6, 6.07) is 7.06. The van der Waals surface area contributed by atoms with Gasteiger partial charge in [-0.05, 0) is 24.6 Å². The molecule has 0 saturated heterocycles. The highest BCUT2D eigenvalue weighted by Gasteiger charge is 2.14. The van der Waals surface area contributed by atoms with E-state index in [1.807, 2.05) is 0 Å². The molecule has 0 radical (unpaired) electrons. The van der Waals surface area contributed by atoms with Crippen LogP contribution in [0, 0.1) is 11.8 Å². The molecule has 0 aliphatic rings. The number of carbonyl (C=O) groups excluding carboxylic acids is 1. The second kappa shape index (κ2) is 9.70. The van der Waals surface area contributed by atoms with E-state index in [1.165, 1.54) is 6.07 Å². The topological polar surface area (TPSA) is 77.2 Å². The number of halogens is 2. The number of anilines is 1. The van der Waals surface area contributed by atoms with Crippen LogP contribution in [-0.2, 0) is 6.54 Å². The van der Waals surface area contributed by atoms with Crippen molar-refractivity contribution in [2.24, 2.45) is 0 Å². The Hall–Kier alpha value is -2.70. The number of rotatable bonds is 9. The lowest BCUT2D eigenvalue weighted by Crippen LogP contribution is -2.25. The number of carbonyl (C=O) groups is 1. The summed E-state index contributed by atoms with van der Waals surface area (Å²) in [5, 5.41) is 2.55. The van der Waals surface area contributed by atoms with Crippen molar-refractivity contribution in [3.8, 4) is 5.75 Å². The quantitative estimate of drug-likeness (QED) is 0.524. The average Bonchev–Trinajstić information content (AvgIpc) is 2.61. The number of nitrogens with two attached hydrogens (primary N) is 1. The summed E-state index contributed by atoms with van der Waals surface area (Å²) < 4.78 is 32.9. The molecule has 140 valence electrons. The summed E-state index contributed by atoms with van der Waals surface area (Å²) in [7, 11) is 0. The highest BCUT2D eigenvalue weighted by atomic mass is 19.1. The number of hydrogen-bond donors (Lipinski definition) is 2. The molecule has 3 N–H and O–H groups in total. The SMILES string of the molecule is CCCCCCOc1cccc(CNC(=O)c2ccc(F)nc2N)c1F. The predicted octanol–water partition coefficient (Wildman–Crippen LogP) is 3.83. The maximum Gasteiger partial charge on any atom is 0.255 e. The molecule has 0 unspecified atom stereocenters. The molecule has 5 nitrogen and oxygen atoms in total. The minimum absolute atomic E-state index is 0.0372. The van der Waals surface area contributed by atoms with E-state index in [0.717, 1.165) is 31.7 Å². The smallest absolute Gasteiger partial charge is 0.255 e. The number of nitrogens with one attached hydrogen (secondary N) is 1. The van der Waals surface area contributed by atoms with Gasteiger partial charge in [-0.15, -0.1) is 0 Å². The lowest BCUT2D eigenvalue weighted by atomic mass is 10.1. The molecule has 2 aromatic rings. The molecule has 0 atom stereocenters. The van der Waals surface area contributed by atoms with Crippen LogP contribution >= 0.6 is 0 Å². The Kier molecular flexibility index (Phi) is 7.32. The minimum Gasteiger partial charge on any atom is -0.491 e. The molecule has 0 aliphatic heterocycles. The minimum atomic E-state index is -0.770. The second-order valence-corrected chi connectivity index (χ2v) is 5.89. The van der Waals surface area contributed by atoms with Crippen LogP contribution in [0.5, 0.6) is 5.75 Å². The zero-order valence-corrected chi connectivity index (χ0v) is 14.7.